The Morgan fingerprint density at radius 2 is 2.05 bits per heavy atom. The first-order valence-corrected chi connectivity index (χ1v) is 7.78. The van der Waals surface area contributed by atoms with E-state index in [2.05, 4.69) is 46.8 Å². The number of rotatable bonds is 4. The van der Waals surface area contributed by atoms with Gasteiger partial charge in [0.1, 0.15) is 5.76 Å². The van der Waals surface area contributed by atoms with Gasteiger partial charge in [-0.05, 0) is 32.4 Å². The molecule has 0 unspecified atom stereocenters. The van der Waals surface area contributed by atoms with Crippen LogP contribution in [0.3, 0.4) is 0 Å². The topological polar surface area (TPSA) is 43.9 Å². The third kappa shape index (κ3) is 3.03. The van der Waals surface area contributed by atoms with Crippen molar-refractivity contribution in [1.82, 2.24) is 14.7 Å². The standard InChI is InChI=1S/C16H17N3OS/c1-11-4-5-15(12(2)8-11)19-7-6-17-16(19)21-10-14-9-13(3)20-18-14/h4-9H,10H2,1-3H3. The molecule has 0 N–H and O–H groups in total. The third-order valence-corrected chi connectivity index (χ3v) is 4.24. The van der Waals surface area contributed by atoms with Gasteiger partial charge in [-0.15, -0.1) is 0 Å². The number of thioether (sulfide) groups is 1. The zero-order chi connectivity index (χ0) is 14.8. The SMILES string of the molecule is Cc1ccc(-n2ccnc2SCc2cc(C)on2)c(C)c1. The minimum Gasteiger partial charge on any atom is -0.361 e. The summed E-state index contributed by atoms with van der Waals surface area (Å²) in [6.45, 7) is 6.13. The van der Waals surface area contributed by atoms with E-state index in [9.17, 15) is 0 Å². The molecule has 0 aliphatic rings. The maximum absolute atomic E-state index is 5.09. The molecule has 0 spiro atoms. The van der Waals surface area contributed by atoms with Gasteiger partial charge in [-0.25, -0.2) is 4.98 Å². The molecule has 3 rings (SSSR count). The second-order valence-electron chi connectivity index (χ2n) is 5.09. The van der Waals surface area contributed by atoms with Crippen molar-refractivity contribution in [3.63, 3.8) is 0 Å². The normalized spacial score (nSPS) is 11.0. The molecule has 5 heteroatoms. The Labute approximate surface area is 128 Å². The first-order chi connectivity index (χ1) is 10.1. The van der Waals surface area contributed by atoms with Gasteiger partial charge in [-0.3, -0.25) is 4.57 Å². The molecule has 1 aromatic carbocycles. The summed E-state index contributed by atoms with van der Waals surface area (Å²) >= 11 is 1.66. The van der Waals surface area contributed by atoms with Gasteiger partial charge in [0.25, 0.3) is 0 Å². The van der Waals surface area contributed by atoms with E-state index in [-0.39, 0.29) is 0 Å². The van der Waals surface area contributed by atoms with Crippen LogP contribution in [-0.2, 0) is 5.75 Å². The van der Waals surface area contributed by atoms with Gasteiger partial charge in [-0.2, -0.15) is 0 Å². The van der Waals surface area contributed by atoms with Crippen molar-refractivity contribution in [3.8, 4) is 5.69 Å². The molecule has 0 radical (unpaired) electrons. The molecule has 108 valence electrons. The minimum absolute atomic E-state index is 0.749. The smallest absolute Gasteiger partial charge is 0.172 e. The summed E-state index contributed by atoms with van der Waals surface area (Å²) in [5.74, 6) is 1.59. The van der Waals surface area contributed by atoms with Crippen molar-refractivity contribution in [1.29, 1.82) is 0 Å². The highest BCUT2D eigenvalue weighted by Crippen LogP contribution is 2.25. The van der Waals surface area contributed by atoms with E-state index in [4.69, 9.17) is 4.52 Å². The third-order valence-electron chi connectivity index (χ3n) is 3.24. The summed E-state index contributed by atoms with van der Waals surface area (Å²) in [7, 11) is 0. The molecular weight excluding hydrogens is 282 g/mol. The second-order valence-corrected chi connectivity index (χ2v) is 6.03. The summed E-state index contributed by atoms with van der Waals surface area (Å²) in [4.78, 5) is 4.45. The van der Waals surface area contributed by atoms with Gasteiger partial charge >= 0.3 is 0 Å². The summed E-state index contributed by atoms with van der Waals surface area (Å²) in [6, 6.07) is 8.40. The van der Waals surface area contributed by atoms with Crippen molar-refractivity contribution in [3.05, 3.63) is 59.2 Å². The lowest BCUT2D eigenvalue weighted by atomic mass is 10.1. The lowest BCUT2D eigenvalue weighted by Crippen LogP contribution is -1.98. The Morgan fingerprint density at radius 1 is 1.19 bits per heavy atom. The highest BCUT2D eigenvalue weighted by Gasteiger charge is 2.09. The maximum Gasteiger partial charge on any atom is 0.172 e. The van der Waals surface area contributed by atoms with Crippen molar-refractivity contribution >= 4 is 11.8 Å². The molecule has 0 bridgehead atoms. The lowest BCUT2D eigenvalue weighted by Gasteiger charge is -2.10. The Bertz CT molecular complexity index is 760. The van der Waals surface area contributed by atoms with Crippen LogP contribution in [-0.4, -0.2) is 14.7 Å². The maximum atomic E-state index is 5.09. The fraction of sp³-hybridized carbons (Fsp3) is 0.250. The van der Waals surface area contributed by atoms with Crippen LogP contribution in [0, 0.1) is 20.8 Å². The van der Waals surface area contributed by atoms with Crippen LogP contribution >= 0.6 is 11.8 Å². The van der Waals surface area contributed by atoms with E-state index in [1.54, 1.807) is 11.8 Å². The van der Waals surface area contributed by atoms with E-state index < -0.39 is 0 Å². The summed E-state index contributed by atoms with van der Waals surface area (Å²) in [6.07, 6.45) is 3.82. The van der Waals surface area contributed by atoms with Crippen LogP contribution in [0.5, 0.6) is 0 Å². The molecule has 0 aliphatic heterocycles. The molecule has 2 aromatic heterocycles. The van der Waals surface area contributed by atoms with Gasteiger partial charge in [0, 0.05) is 24.2 Å². The fourth-order valence-corrected chi connectivity index (χ4v) is 3.13. The fourth-order valence-electron chi connectivity index (χ4n) is 2.28. The first-order valence-electron chi connectivity index (χ1n) is 6.79. The number of aromatic nitrogens is 3. The largest absolute Gasteiger partial charge is 0.361 e. The lowest BCUT2D eigenvalue weighted by molar-refractivity contribution is 0.393. The number of imidazole rings is 1. The average Bonchev–Trinajstić information content (AvgIpc) is 3.05. The van der Waals surface area contributed by atoms with Crippen molar-refractivity contribution in [2.75, 3.05) is 0 Å². The van der Waals surface area contributed by atoms with Crippen molar-refractivity contribution in [2.24, 2.45) is 0 Å². The molecule has 0 atom stereocenters. The zero-order valence-electron chi connectivity index (χ0n) is 12.3. The molecule has 0 saturated heterocycles. The van der Waals surface area contributed by atoms with Crippen LogP contribution in [0.25, 0.3) is 5.69 Å². The molecule has 0 aliphatic carbocycles. The summed E-state index contributed by atoms with van der Waals surface area (Å²) < 4.78 is 7.21. The van der Waals surface area contributed by atoms with Crippen molar-refractivity contribution in [2.45, 2.75) is 31.7 Å². The van der Waals surface area contributed by atoms with Crippen LogP contribution in [0.4, 0.5) is 0 Å². The van der Waals surface area contributed by atoms with Crippen LogP contribution < -0.4 is 0 Å². The molecular formula is C16H17N3OS. The summed E-state index contributed by atoms with van der Waals surface area (Å²) in [5.41, 5.74) is 4.61. The van der Waals surface area contributed by atoms with E-state index >= 15 is 0 Å². The van der Waals surface area contributed by atoms with Gasteiger partial charge in [0.05, 0.1) is 11.4 Å². The van der Waals surface area contributed by atoms with E-state index in [1.165, 1.54) is 11.1 Å². The van der Waals surface area contributed by atoms with E-state index in [1.807, 2.05) is 25.4 Å². The van der Waals surface area contributed by atoms with Gasteiger partial charge in [0.2, 0.25) is 0 Å². The Balaban J connectivity index is 1.83. The van der Waals surface area contributed by atoms with Crippen LogP contribution in [0.1, 0.15) is 22.6 Å². The highest BCUT2D eigenvalue weighted by molar-refractivity contribution is 7.98. The van der Waals surface area contributed by atoms with E-state index in [0.29, 0.717) is 0 Å². The average molecular weight is 299 g/mol. The number of hydrogen-bond acceptors (Lipinski definition) is 4. The second kappa shape index (κ2) is 5.77. The molecule has 4 nitrogen and oxygen atoms in total. The van der Waals surface area contributed by atoms with Gasteiger partial charge < -0.3 is 4.52 Å². The Hall–Kier alpha value is -2.01. The van der Waals surface area contributed by atoms with E-state index in [0.717, 1.165) is 28.1 Å². The first kappa shape index (κ1) is 13.9. The minimum atomic E-state index is 0.749. The summed E-state index contributed by atoms with van der Waals surface area (Å²) in [5, 5.41) is 4.97. The Morgan fingerprint density at radius 3 is 2.76 bits per heavy atom. The number of aryl methyl sites for hydroxylation is 3. The molecule has 0 amide bonds. The predicted molar refractivity (Wildman–Crippen MR) is 83.8 cm³/mol. The number of benzene rings is 1. The monoisotopic (exact) mass is 299 g/mol. The number of hydrogen-bond donors (Lipinski definition) is 0. The molecule has 21 heavy (non-hydrogen) atoms. The molecule has 0 saturated carbocycles. The molecule has 0 fully saturated rings. The molecule has 3 aromatic rings. The van der Waals surface area contributed by atoms with Crippen LogP contribution in [0.2, 0.25) is 0 Å². The quantitative estimate of drug-likeness (QED) is 0.681. The highest BCUT2D eigenvalue weighted by atomic mass is 32.2. The zero-order valence-corrected chi connectivity index (χ0v) is 13.1. The van der Waals surface area contributed by atoms with Gasteiger partial charge in [-0.1, -0.05) is 34.6 Å². The van der Waals surface area contributed by atoms with Crippen LogP contribution in [0.15, 0.2) is 46.3 Å². The number of nitrogens with zero attached hydrogens (tertiary/aromatic N) is 3. The predicted octanol–water partition coefficient (Wildman–Crippen LogP) is 4.08. The Kier molecular flexibility index (Phi) is 3.84. The van der Waals surface area contributed by atoms with Crippen molar-refractivity contribution < 1.29 is 4.52 Å². The molecule has 2 heterocycles. The van der Waals surface area contributed by atoms with Gasteiger partial charge in [0.15, 0.2) is 5.16 Å².